The van der Waals surface area contributed by atoms with Crippen LogP contribution < -0.4 is 0 Å². The Kier molecular flexibility index (Phi) is 11.5. The highest BCUT2D eigenvalue weighted by Crippen LogP contribution is 2.64. The van der Waals surface area contributed by atoms with Crippen molar-refractivity contribution in [3.8, 4) is 50.8 Å². The third-order valence-electron chi connectivity index (χ3n) is 21.2. The zero-order chi connectivity index (χ0) is 63.2. The summed E-state index contributed by atoms with van der Waals surface area (Å²) in [6.07, 6.45) is 0. The van der Waals surface area contributed by atoms with Crippen molar-refractivity contribution in [1.82, 2.24) is 9.13 Å². The molecule has 0 bridgehead atoms. The first-order chi connectivity index (χ1) is 47.0. The summed E-state index contributed by atoms with van der Waals surface area (Å²) >= 11 is 0. The van der Waals surface area contributed by atoms with Crippen molar-refractivity contribution in [1.29, 1.82) is 5.26 Å². The predicted molar refractivity (Wildman–Crippen MR) is 384 cm³/mol. The van der Waals surface area contributed by atoms with E-state index in [1.165, 1.54) is 0 Å². The highest BCUT2D eigenvalue weighted by atomic mass is 15.0. The first-order valence-corrected chi connectivity index (χ1v) is 32.3. The van der Waals surface area contributed by atoms with Gasteiger partial charge in [0.15, 0.2) is 11.4 Å². The van der Waals surface area contributed by atoms with E-state index in [4.69, 9.17) is 13.1 Å². The number of nitriles is 1. The maximum absolute atomic E-state index is 10.5. The van der Waals surface area contributed by atoms with Crippen LogP contribution in [0.15, 0.2) is 322 Å². The van der Waals surface area contributed by atoms with Crippen LogP contribution in [0.1, 0.15) is 72.3 Å². The van der Waals surface area contributed by atoms with Gasteiger partial charge in [-0.1, -0.05) is 249 Å². The second-order valence-corrected chi connectivity index (χ2v) is 25.4. The Balaban J connectivity index is 1.03. The number of aromatic nitrogens is 2. The Labute approximate surface area is 549 Å². The number of nitrogens with zero attached hydrogens (tertiary/aromatic N) is 5. The van der Waals surface area contributed by atoms with E-state index in [1.54, 1.807) is 0 Å². The van der Waals surface area contributed by atoms with Crippen molar-refractivity contribution in [2.24, 2.45) is 0 Å². The third kappa shape index (κ3) is 7.23. The SMILES string of the molecule is [C-]#[N+]c1ccc(C2(c3cc(C4(c5ccc(C#N)cc5)c5ccccc5-c5ccccc54)cc(C4(c5ccc([N+]#[C-])cc5)c5ccccc5-c5cc6c(cc54)c4ccccc4n6-c4ccccc4)c3)c3ccccc3-c3cc4c(cc32)c2ccccc2n4-c2ccccc2)cc1. The summed E-state index contributed by atoms with van der Waals surface area (Å²) < 4.78 is 4.83. The zero-order valence-corrected chi connectivity index (χ0v) is 51.3. The minimum absolute atomic E-state index is 0.561. The van der Waals surface area contributed by atoms with Crippen LogP contribution in [0.3, 0.4) is 0 Å². The lowest BCUT2D eigenvalue weighted by Crippen LogP contribution is -2.35. The fourth-order valence-corrected chi connectivity index (χ4v) is 17.4. The van der Waals surface area contributed by atoms with Gasteiger partial charge in [-0.05, 0) is 173 Å². The van der Waals surface area contributed by atoms with Gasteiger partial charge in [0.2, 0.25) is 0 Å². The van der Waals surface area contributed by atoms with Gasteiger partial charge in [-0.2, -0.15) is 5.26 Å². The van der Waals surface area contributed by atoms with Gasteiger partial charge in [-0.3, -0.25) is 0 Å². The zero-order valence-electron chi connectivity index (χ0n) is 51.3. The van der Waals surface area contributed by atoms with Crippen LogP contribution in [0.25, 0.3) is 98.1 Å². The quantitative estimate of drug-likeness (QED) is 0.140. The van der Waals surface area contributed by atoms with Crippen LogP contribution >= 0.6 is 0 Å². The van der Waals surface area contributed by atoms with Crippen LogP contribution in [0, 0.1) is 24.5 Å². The topological polar surface area (TPSA) is 42.4 Å². The van der Waals surface area contributed by atoms with Gasteiger partial charge in [0, 0.05) is 32.9 Å². The summed E-state index contributed by atoms with van der Waals surface area (Å²) in [6, 6.07) is 120. The summed E-state index contributed by atoms with van der Waals surface area (Å²) in [4.78, 5) is 8.05. The smallest absolute Gasteiger partial charge is 0.187 e. The summed E-state index contributed by atoms with van der Waals surface area (Å²) in [5.41, 5.74) is 25.2. The standard InChI is InChI=1S/C90H53N5/c1-92-64-45-41-59(42-46-64)89(80-33-17-11-27-70(80)74-54-86-76(52-82(74)89)72-29-13-19-35-84(72)94(86)66-21-5-3-6-22-66)62-49-61(88(58-39-37-57(56-91)38-40-58)78-31-15-9-25-68(78)69-26-10-16-32-79(69)88)50-63(51-62)90(60-43-47-65(93-2)48-44-60)81-34-18-12-28-71(81)75-55-87-77(53-83(75)90)73-30-14-20-36-85(73)95(87)67-23-7-4-8-24-67/h3-55H. The normalized spacial score (nSPS) is 15.9. The monoisotopic (exact) mass is 1200 g/mol. The van der Waals surface area contributed by atoms with Crippen LogP contribution in [-0.4, -0.2) is 9.13 Å². The van der Waals surface area contributed by atoms with Gasteiger partial charge in [0.05, 0.1) is 63.1 Å². The van der Waals surface area contributed by atoms with Crippen LogP contribution in [0.4, 0.5) is 11.4 Å². The molecule has 2 aromatic heterocycles. The Bertz CT molecular complexity index is 5710. The molecule has 0 saturated heterocycles. The molecule has 3 aliphatic rings. The molecule has 0 saturated carbocycles. The largest absolute Gasteiger partial charge is 0.309 e. The van der Waals surface area contributed by atoms with Crippen molar-refractivity contribution in [2.75, 3.05) is 0 Å². The number of hydrogen-bond donors (Lipinski definition) is 0. The van der Waals surface area contributed by atoms with E-state index in [-0.39, 0.29) is 0 Å². The van der Waals surface area contributed by atoms with Crippen molar-refractivity contribution < 1.29 is 0 Å². The maximum atomic E-state index is 10.5. The lowest BCUT2D eigenvalue weighted by atomic mass is 9.60. The average Bonchev–Trinajstić information content (AvgIpc) is 1.56. The van der Waals surface area contributed by atoms with Gasteiger partial charge >= 0.3 is 0 Å². The Morgan fingerprint density at radius 1 is 0.263 bits per heavy atom. The minimum atomic E-state index is -1.03. The van der Waals surface area contributed by atoms with Crippen LogP contribution in [0.2, 0.25) is 0 Å². The average molecular weight is 1200 g/mol. The molecule has 2 heterocycles. The van der Waals surface area contributed by atoms with Crippen molar-refractivity contribution >= 4 is 55.0 Å². The molecule has 14 aromatic carbocycles. The Morgan fingerprint density at radius 2 is 0.579 bits per heavy atom. The highest BCUT2D eigenvalue weighted by Gasteiger charge is 2.53. The molecule has 2 atom stereocenters. The lowest BCUT2D eigenvalue weighted by Gasteiger charge is -2.41. The maximum Gasteiger partial charge on any atom is 0.187 e. The lowest BCUT2D eigenvalue weighted by molar-refractivity contribution is 0.714. The van der Waals surface area contributed by atoms with E-state index < -0.39 is 16.2 Å². The van der Waals surface area contributed by atoms with Gasteiger partial charge < -0.3 is 9.13 Å². The molecule has 0 amide bonds. The van der Waals surface area contributed by atoms with Gasteiger partial charge in [-0.15, -0.1) is 0 Å². The molecule has 19 rings (SSSR count). The summed E-state index contributed by atoms with van der Waals surface area (Å²) in [6.45, 7) is 16.8. The van der Waals surface area contributed by atoms with Gasteiger partial charge in [-0.25, -0.2) is 9.69 Å². The molecule has 0 fully saturated rings. The Morgan fingerprint density at radius 3 is 0.947 bits per heavy atom. The molecule has 438 valence electrons. The first kappa shape index (κ1) is 53.9. The van der Waals surface area contributed by atoms with Crippen molar-refractivity contribution in [3.63, 3.8) is 0 Å². The van der Waals surface area contributed by atoms with Crippen LogP contribution in [0.5, 0.6) is 0 Å². The van der Waals surface area contributed by atoms with Crippen LogP contribution in [-0.2, 0) is 16.2 Å². The van der Waals surface area contributed by atoms with E-state index in [1.807, 2.05) is 36.4 Å². The molecule has 0 radical (unpaired) electrons. The van der Waals surface area contributed by atoms with Gasteiger partial charge in [0.25, 0.3) is 0 Å². The molecular weight excluding hydrogens is 1150 g/mol. The highest BCUT2D eigenvalue weighted by molar-refractivity contribution is 6.13. The molecule has 3 aliphatic carbocycles. The molecular formula is C90H53N5. The van der Waals surface area contributed by atoms with Gasteiger partial charge in [0.1, 0.15) is 0 Å². The molecule has 0 N–H and O–H groups in total. The third-order valence-corrected chi connectivity index (χ3v) is 21.2. The summed E-state index contributed by atoms with van der Waals surface area (Å²) in [5.74, 6) is 0. The minimum Gasteiger partial charge on any atom is -0.309 e. The second-order valence-electron chi connectivity index (χ2n) is 25.4. The number of para-hydroxylation sites is 4. The number of hydrogen-bond acceptors (Lipinski definition) is 1. The fourth-order valence-electron chi connectivity index (χ4n) is 17.4. The number of fused-ring (bicyclic) bond motifs is 15. The molecule has 95 heavy (non-hydrogen) atoms. The number of rotatable bonds is 8. The molecule has 0 spiro atoms. The van der Waals surface area contributed by atoms with Crippen molar-refractivity contribution in [3.05, 3.63) is 417 Å². The second kappa shape index (κ2) is 20.3. The summed E-state index contributed by atoms with van der Waals surface area (Å²) in [5, 5.41) is 15.1. The molecule has 5 heteroatoms. The Hall–Kier alpha value is -12.9. The van der Waals surface area contributed by atoms with E-state index >= 15 is 0 Å². The van der Waals surface area contributed by atoms with Crippen molar-refractivity contribution in [2.45, 2.75) is 16.2 Å². The molecule has 2 unspecified atom stereocenters. The van der Waals surface area contributed by atoms with E-state index in [2.05, 4.69) is 310 Å². The molecule has 5 nitrogen and oxygen atoms in total. The molecule has 16 aromatic rings. The van der Waals surface area contributed by atoms with E-state index in [9.17, 15) is 5.26 Å². The number of benzene rings is 14. The summed E-state index contributed by atoms with van der Waals surface area (Å²) in [7, 11) is 0. The predicted octanol–water partition coefficient (Wildman–Crippen LogP) is 21.9. The van der Waals surface area contributed by atoms with E-state index in [0.29, 0.717) is 16.9 Å². The molecule has 0 aliphatic heterocycles. The first-order valence-electron chi connectivity index (χ1n) is 32.3. The van der Waals surface area contributed by atoms with E-state index in [0.717, 1.165) is 155 Å². The fraction of sp³-hybridized carbons (Fsp3) is 0.0333.